The van der Waals surface area contributed by atoms with Crippen LogP contribution in [0.2, 0.25) is 0 Å². The van der Waals surface area contributed by atoms with E-state index in [-0.39, 0.29) is 30.8 Å². The predicted molar refractivity (Wildman–Crippen MR) is 179 cm³/mol. The lowest BCUT2D eigenvalue weighted by atomic mass is 9.97. The average molecular weight is 672 g/mol. The highest BCUT2D eigenvalue weighted by atomic mass is 35.5. The number of nitrogens with zero attached hydrogens (tertiary/aromatic N) is 1. The summed E-state index contributed by atoms with van der Waals surface area (Å²) in [5.74, 6) is -0.796. The van der Waals surface area contributed by atoms with E-state index >= 15 is 0 Å². The minimum Gasteiger partial charge on any atom is -0.468 e. The van der Waals surface area contributed by atoms with E-state index in [1.54, 1.807) is 0 Å². The van der Waals surface area contributed by atoms with Crippen LogP contribution in [-0.4, -0.2) is 83.4 Å². The number of benzene rings is 2. The number of hydrogen-bond donors (Lipinski definition) is 3. The van der Waals surface area contributed by atoms with Crippen LogP contribution in [0.15, 0.2) is 60.7 Å². The van der Waals surface area contributed by atoms with Crippen LogP contribution in [0.1, 0.15) is 35.1 Å². The number of carbonyl (C=O) groups is 2. The number of esters is 2. The Hall–Kier alpha value is -2.77. The van der Waals surface area contributed by atoms with E-state index in [1.807, 2.05) is 42.5 Å². The Morgan fingerprint density at radius 1 is 0.818 bits per heavy atom. The zero-order valence-electron chi connectivity index (χ0n) is 25.4. The molecule has 0 fully saturated rings. The second-order valence-corrected chi connectivity index (χ2v) is 12.3. The first-order valence-electron chi connectivity index (χ1n) is 13.9. The number of carbonyl (C=O) groups excluding carboxylic acids is 2. The number of sulfonamides is 1. The van der Waals surface area contributed by atoms with E-state index in [0.717, 1.165) is 41.8 Å². The molecule has 0 saturated carbocycles. The van der Waals surface area contributed by atoms with Crippen LogP contribution in [0.3, 0.4) is 0 Å². The van der Waals surface area contributed by atoms with Gasteiger partial charge in [0.1, 0.15) is 12.1 Å². The molecule has 2 aromatic carbocycles. The molecule has 5 N–H and O–H groups in total. The molecule has 0 amide bonds. The molecule has 44 heavy (non-hydrogen) atoms. The maximum Gasteiger partial charge on any atom is 0.322 e. The van der Waals surface area contributed by atoms with E-state index in [9.17, 15) is 18.0 Å². The minimum absolute atomic E-state index is 0. The van der Waals surface area contributed by atoms with Crippen molar-refractivity contribution in [2.24, 2.45) is 11.5 Å². The Morgan fingerprint density at radius 2 is 1.27 bits per heavy atom. The fourth-order valence-electron chi connectivity index (χ4n) is 4.79. The third kappa shape index (κ3) is 12.0. The van der Waals surface area contributed by atoms with Crippen molar-refractivity contribution in [3.8, 4) is 0 Å². The Bertz CT molecular complexity index is 1380. The Kier molecular flexibility index (Phi) is 16.9. The van der Waals surface area contributed by atoms with Gasteiger partial charge in [-0.25, -0.2) is 8.42 Å². The lowest BCUT2D eigenvalue weighted by Gasteiger charge is -2.24. The molecule has 0 bridgehead atoms. The summed E-state index contributed by atoms with van der Waals surface area (Å²) in [6, 6.07) is 14.8. The number of methoxy groups -OCH3 is 2. The van der Waals surface area contributed by atoms with Crippen LogP contribution in [-0.2, 0) is 41.9 Å². The van der Waals surface area contributed by atoms with Crippen LogP contribution >= 0.6 is 24.8 Å². The van der Waals surface area contributed by atoms with Crippen LogP contribution in [0.25, 0.3) is 11.1 Å². The van der Waals surface area contributed by atoms with Crippen molar-refractivity contribution < 1.29 is 27.5 Å². The lowest BCUT2D eigenvalue weighted by molar-refractivity contribution is -0.142. The van der Waals surface area contributed by atoms with Crippen molar-refractivity contribution in [2.75, 3.05) is 46.7 Å². The maximum atomic E-state index is 11.5. The van der Waals surface area contributed by atoms with Crippen molar-refractivity contribution in [2.45, 2.75) is 37.8 Å². The van der Waals surface area contributed by atoms with Crippen molar-refractivity contribution in [3.05, 3.63) is 82.9 Å². The summed E-state index contributed by atoms with van der Waals surface area (Å²) in [5, 5.41) is 3.30. The number of hydrogen-bond acceptors (Lipinski definition) is 9. The van der Waals surface area contributed by atoms with Crippen molar-refractivity contribution in [3.63, 3.8) is 0 Å². The highest BCUT2D eigenvalue weighted by molar-refractivity contribution is 7.88. The second kappa shape index (κ2) is 18.9. The SMILES string of the molecule is COC(=O)[C@@H](N)Cc1ccc(C2=CCN(S(C)(=O)=O)CC2)cc1.COC(=O)[C@@H](N)Cc1ccc(C2=CCNCC2)cc1.Cl.Cl. The van der Waals surface area contributed by atoms with Crippen molar-refractivity contribution >= 4 is 57.9 Å². The average Bonchev–Trinajstić information content (AvgIpc) is 3.01. The maximum absolute atomic E-state index is 11.5. The third-order valence-corrected chi connectivity index (χ3v) is 8.54. The molecule has 244 valence electrons. The minimum atomic E-state index is -3.13. The molecule has 13 heteroatoms. The number of halogens is 2. The summed E-state index contributed by atoms with van der Waals surface area (Å²) < 4.78 is 33.7. The van der Waals surface area contributed by atoms with Gasteiger partial charge in [0.15, 0.2) is 0 Å². The molecular weight excluding hydrogens is 627 g/mol. The first-order chi connectivity index (χ1) is 20.0. The van der Waals surface area contributed by atoms with Crippen LogP contribution < -0.4 is 16.8 Å². The number of nitrogens with one attached hydrogen (secondary N) is 1. The zero-order valence-corrected chi connectivity index (χ0v) is 27.8. The van der Waals surface area contributed by atoms with Crippen LogP contribution in [0.5, 0.6) is 0 Å². The molecule has 2 heterocycles. The van der Waals surface area contributed by atoms with Crippen molar-refractivity contribution in [1.82, 2.24) is 9.62 Å². The summed E-state index contributed by atoms with van der Waals surface area (Å²) in [4.78, 5) is 22.6. The summed E-state index contributed by atoms with van der Waals surface area (Å²) in [5.41, 5.74) is 18.3. The number of nitrogens with two attached hydrogens (primary N) is 2. The van der Waals surface area contributed by atoms with Gasteiger partial charge in [0.05, 0.1) is 20.5 Å². The third-order valence-electron chi connectivity index (χ3n) is 7.27. The van der Waals surface area contributed by atoms with E-state index in [1.165, 1.54) is 35.9 Å². The quantitative estimate of drug-likeness (QED) is 0.342. The summed E-state index contributed by atoms with van der Waals surface area (Å²) >= 11 is 0. The first-order valence-corrected chi connectivity index (χ1v) is 15.8. The fourth-order valence-corrected chi connectivity index (χ4v) is 5.55. The van der Waals surface area contributed by atoms with Gasteiger partial charge in [-0.1, -0.05) is 60.7 Å². The monoisotopic (exact) mass is 670 g/mol. The summed E-state index contributed by atoms with van der Waals surface area (Å²) in [6.07, 6.45) is 8.07. The largest absolute Gasteiger partial charge is 0.468 e. The topological polar surface area (TPSA) is 154 Å². The molecule has 0 unspecified atom stereocenters. The lowest BCUT2D eigenvalue weighted by Crippen LogP contribution is -2.33. The van der Waals surface area contributed by atoms with Gasteiger partial charge >= 0.3 is 11.9 Å². The summed E-state index contributed by atoms with van der Waals surface area (Å²) in [6.45, 7) is 2.87. The number of rotatable bonds is 9. The van der Waals surface area contributed by atoms with Gasteiger partial charge in [-0.05, 0) is 65.6 Å². The molecule has 2 aliphatic rings. The molecule has 2 atom stereocenters. The second-order valence-electron chi connectivity index (χ2n) is 10.3. The fraction of sp³-hybridized carbons (Fsp3) is 0.419. The Labute approximate surface area is 273 Å². The Balaban J connectivity index is 0.000000427. The van der Waals surface area contributed by atoms with Gasteiger partial charge in [-0.2, -0.15) is 4.31 Å². The molecule has 0 radical (unpaired) electrons. The summed E-state index contributed by atoms with van der Waals surface area (Å²) in [7, 11) is -0.455. The molecule has 0 saturated heterocycles. The molecular formula is C31H44Cl2N4O6S. The smallest absolute Gasteiger partial charge is 0.322 e. The molecule has 10 nitrogen and oxygen atoms in total. The first kappa shape index (κ1) is 39.3. The molecule has 2 aliphatic heterocycles. The van der Waals surface area contributed by atoms with Gasteiger partial charge in [0, 0.05) is 19.6 Å². The molecule has 0 aromatic heterocycles. The number of ether oxygens (including phenoxy) is 2. The van der Waals surface area contributed by atoms with E-state index < -0.39 is 28.1 Å². The highest BCUT2D eigenvalue weighted by Gasteiger charge is 2.20. The standard InChI is InChI=1S/C16H22N2O4S.C15H20N2O2.2ClH/c1-22-16(19)15(17)11-12-3-5-13(6-4-12)14-7-9-18(10-8-14)23(2,20)21;1-19-15(18)14(16)10-11-2-4-12(5-3-11)13-6-8-17-9-7-13;;/h3-7,15H,8-11,17H2,1-2H3;2-6,14,17H,7-10,16H2,1H3;2*1H/t15-;14-;;/m00../s1. The molecule has 4 rings (SSSR count). The van der Waals surface area contributed by atoms with Crippen LogP contribution in [0, 0.1) is 0 Å². The van der Waals surface area contributed by atoms with Gasteiger partial charge in [-0.3, -0.25) is 9.59 Å². The van der Waals surface area contributed by atoms with E-state index in [4.69, 9.17) is 11.5 Å². The van der Waals surface area contributed by atoms with Crippen LogP contribution in [0.4, 0.5) is 0 Å². The normalized spacial score (nSPS) is 16.3. The molecule has 0 spiro atoms. The van der Waals surface area contributed by atoms with Gasteiger partial charge in [-0.15, -0.1) is 24.8 Å². The van der Waals surface area contributed by atoms with Crippen molar-refractivity contribution in [1.29, 1.82) is 0 Å². The highest BCUT2D eigenvalue weighted by Crippen LogP contribution is 2.24. The van der Waals surface area contributed by atoms with Gasteiger partial charge in [0.2, 0.25) is 10.0 Å². The molecule has 0 aliphatic carbocycles. The van der Waals surface area contributed by atoms with E-state index in [0.29, 0.717) is 32.4 Å². The Morgan fingerprint density at radius 3 is 1.61 bits per heavy atom. The van der Waals surface area contributed by atoms with Gasteiger partial charge in [0.25, 0.3) is 0 Å². The van der Waals surface area contributed by atoms with Gasteiger partial charge < -0.3 is 26.3 Å². The molecule has 2 aromatic rings. The predicted octanol–water partition coefficient (Wildman–Crippen LogP) is 2.73. The zero-order chi connectivity index (χ0) is 30.7. The van der Waals surface area contributed by atoms with E-state index in [2.05, 4.69) is 33.0 Å².